The van der Waals surface area contributed by atoms with Gasteiger partial charge in [0, 0.05) is 29.2 Å². The zero-order chi connectivity index (χ0) is 23.3. The van der Waals surface area contributed by atoms with E-state index in [2.05, 4.69) is 4.98 Å². The highest BCUT2D eigenvalue weighted by molar-refractivity contribution is 7.25. The van der Waals surface area contributed by atoms with Crippen LogP contribution in [0.4, 0.5) is 4.39 Å². The number of rotatable bonds is 5. The SMILES string of the molecule is COc1ccc(-c2c(Cl)c(CN3C(=O)CCC3=O)nc3sc4c(F)c(OC)ccc4c23)cc1. The van der Waals surface area contributed by atoms with Crippen molar-refractivity contribution < 1.29 is 23.5 Å². The van der Waals surface area contributed by atoms with Crippen molar-refractivity contribution in [1.29, 1.82) is 0 Å². The van der Waals surface area contributed by atoms with Gasteiger partial charge in [-0.25, -0.2) is 9.37 Å². The first-order valence-corrected chi connectivity index (χ1v) is 11.4. The minimum atomic E-state index is -0.471. The van der Waals surface area contributed by atoms with Crippen molar-refractivity contribution in [3.05, 3.63) is 52.9 Å². The van der Waals surface area contributed by atoms with Crippen LogP contribution in [0.5, 0.6) is 11.5 Å². The molecule has 2 aromatic carbocycles. The maximum Gasteiger partial charge on any atom is 0.230 e. The molecule has 4 aromatic rings. The fraction of sp³-hybridized carbons (Fsp3) is 0.208. The highest BCUT2D eigenvalue weighted by atomic mass is 35.5. The van der Waals surface area contributed by atoms with Gasteiger partial charge in [0.05, 0.1) is 36.2 Å². The average molecular weight is 485 g/mol. The molecular weight excluding hydrogens is 467 g/mol. The molecule has 1 fully saturated rings. The number of amides is 2. The molecule has 0 spiro atoms. The van der Waals surface area contributed by atoms with Gasteiger partial charge in [0.1, 0.15) is 10.6 Å². The molecule has 3 heterocycles. The van der Waals surface area contributed by atoms with Gasteiger partial charge in [-0.3, -0.25) is 14.5 Å². The summed E-state index contributed by atoms with van der Waals surface area (Å²) < 4.78 is 25.9. The number of imide groups is 1. The van der Waals surface area contributed by atoms with E-state index in [9.17, 15) is 9.59 Å². The third-order valence-electron chi connectivity index (χ3n) is 5.76. The second-order valence-electron chi connectivity index (χ2n) is 7.59. The number of thiophene rings is 1. The number of aromatic nitrogens is 1. The quantitative estimate of drug-likeness (QED) is 0.346. The van der Waals surface area contributed by atoms with Crippen LogP contribution in [0.3, 0.4) is 0 Å². The standard InChI is InChI=1S/C24H18ClFN2O4S/c1-31-13-5-3-12(4-6-13)19-20-14-7-8-16(32-2)22(26)23(14)33-24(20)27-15(21(19)25)11-28-17(29)9-10-18(28)30/h3-8H,9-11H2,1-2H3. The first kappa shape index (κ1) is 21.6. The van der Waals surface area contributed by atoms with E-state index in [0.717, 1.165) is 5.56 Å². The van der Waals surface area contributed by atoms with Crippen LogP contribution in [0.2, 0.25) is 5.02 Å². The van der Waals surface area contributed by atoms with Gasteiger partial charge in [-0.05, 0) is 29.8 Å². The number of methoxy groups -OCH3 is 2. The summed E-state index contributed by atoms with van der Waals surface area (Å²) in [6.07, 6.45) is 0.357. The fourth-order valence-electron chi connectivity index (χ4n) is 4.08. The first-order chi connectivity index (χ1) is 15.9. The van der Waals surface area contributed by atoms with Gasteiger partial charge in [0.25, 0.3) is 0 Å². The van der Waals surface area contributed by atoms with Gasteiger partial charge in [0.15, 0.2) is 11.6 Å². The van der Waals surface area contributed by atoms with Crippen molar-refractivity contribution in [2.24, 2.45) is 0 Å². The molecule has 9 heteroatoms. The number of benzene rings is 2. The van der Waals surface area contributed by atoms with Crippen LogP contribution in [0.25, 0.3) is 31.4 Å². The minimum Gasteiger partial charge on any atom is -0.497 e. The predicted octanol–water partition coefficient (Wildman–Crippen LogP) is 5.58. The van der Waals surface area contributed by atoms with Gasteiger partial charge in [-0.15, -0.1) is 11.3 Å². The van der Waals surface area contributed by atoms with E-state index in [1.807, 2.05) is 24.3 Å². The molecule has 0 unspecified atom stereocenters. The number of pyridine rings is 1. The summed E-state index contributed by atoms with van der Waals surface area (Å²) in [5.41, 5.74) is 1.83. The van der Waals surface area contributed by atoms with Crippen molar-refractivity contribution in [3.63, 3.8) is 0 Å². The van der Waals surface area contributed by atoms with Crippen molar-refractivity contribution in [2.45, 2.75) is 19.4 Å². The van der Waals surface area contributed by atoms with Crippen LogP contribution in [0.15, 0.2) is 36.4 Å². The first-order valence-electron chi connectivity index (χ1n) is 10.2. The average Bonchev–Trinajstić information content (AvgIpc) is 3.35. The van der Waals surface area contributed by atoms with Crippen molar-refractivity contribution in [2.75, 3.05) is 14.2 Å². The molecular formula is C24H18ClFN2O4S. The number of halogens is 2. The summed E-state index contributed by atoms with van der Waals surface area (Å²) in [6.45, 7) is -0.0321. The molecule has 0 atom stereocenters. The Kier molecular flexibility index (Phi) is 5.42. The number of hydrogen-bond donors (Lipinski definition) is 0. The lowest BCUT2D eigenvalue weighted by Gasteiger charge is -2.17. The molecule has 2 amide bonds. The number of carbonyl (C=O) groups is 2. The van der Waals surface area contributed by atoms with Gasteiger partial charge in [-0.1, -0.05) is 23.7 Å². The van der Waals surface area contributed by atoms with Crippen LogP contribution in [-0.2, 0) is 16.1 Å². The number of fused-ring (bicyclic) bond motifs is 3. The topological polar surface area (TPSA) is 68.7 Å². The van der Waals surface area contributed by atoms with E-state index in [1.54, 1.807) is 19.2 Å². The molecule has 0 radical (unpaired) electrons. The molecule has 1 saturated heterocycles. The number of nitrogens with zero attached hydrogens (tertiary/aromatic N) is 2. The molecule has 0 N–H and O–H groups in total. The highest BCUT2D eigenvalue weighted by Crippen LogP contribution is 2.46. The summed E-state index contributed by atoms with van der Waals surface area (Å²) >= 11 is 8.05. The maximum absolute atomic E-state index is 15.1. The zero-order valence-corrected chi connectivity index (χ0v) is 19.3. The lowest BCUT2D eigenvalue weighted by Crippen LogP contribution is -2.29. The molecule has 0 saturated carbocycles. The summed E-state index contributed by atoms with van der Waals surface area (Å²) in [5, 5.41) is 1.68. The van der Waals surface area contributed by atoms with Crippen molar-refractivity contribution in [1.82, 2.24) is 9.88 Å². The Balaban J connectivity index is 1.80. The summed E-state index contributed by atoms with van der Waals surface area (Å²) in [5.74, 6) is -0.160. The Morgan fingerprint density at radius 3 is 2.39 bits per heavy atom. The maximum atomic E-state index is 15.1. The monoisotopic (exact) mass is 484 g/mol. The number of likely N-dealkylation sites (tertiary alicyclic amines) is 1. The molecule has 1 aliphatic rings. The Morgan fingerprint density at radius 2 is 1.76 bits per heavy atom. The lowest BCUT2D eigenvalue weighted by atomic mass is 9.99. The zero-order valence-electron chi connectivity index (χ0n) is 17.8. The van der Waals surface area contributed by atoms with Gasteiger partial charge in [-0.2, -0.15) is 0 Å². The van der Waals surface area contributed by atoms with E-state index >= 15 is 4.39 Å². The predicted molar refractivity (Wildman–Crippen MR) is 125 cm³/mol. The van der Waals surface area contributed by atoms with Gasteiger partial charge < -0.3 is 9.47 Å². The molecule has 5 rings (SSSR count). The molecule has 0 aliphatic carbocycles. The van der Waals surface area contributed by atoms with Crippen molar-refractivity contribution in [3.8, 4) is 22.6 Å². The van der Waals surface area contributed by atoms with Gasteiger partial charge >= 0.3 is 0 Å². The smallest absolute Gasteiger partial charge is 0.230 e. The van der Waals surface area contributed by atoms with Crippen LogP contribution in [0, 0.1) is 5.82 Å². The Bertz CT molecular complexity index is 1420. The molecule has 1 aliphatic heterocycles. The molecule has 2 aromatic heterocycles. The van der Waals surface area contributed by atoms with Crippen molar-refractivity contribution >= 4 is 55.1 Å². The third-order valence-corrected chi connectivity index (χ3v) is 7.26. The largest absolute Gasteiger partial charge is 0.497 e. The lowest BCUT2D eigenvalue weighted by molar-refractivity contribution is -0.139. The van der Waals surface area contributed by atoms with E-state index in [-0.39, 0.29) is 37.0 Å². The Morgan fingerprint density at radius 1 is 1.06 bits per heavy atom. The number of ether oxygens (including phenoxy) is 2. The second kappa shape index (κ2) is 8.28. The fourth-order valence-corrected chi connectivity index (χ4v) is 5.52. The third kappa shape index (κ3) is 3.50. The molecule has 33 heavy (non-hydrogen) atoms. The second-order valence-corrected chi connectivity index (χ2v) is 8.97. The van der Waals surface area contributed by atoms with Crippen LogP contribution < -0.4 is 9.47 Å². The Labute approximate surface area is 197 Å². The van der Waals surface area contributed by atoms with E-state index in [0.29, 0.717) is 42.3 Å². The van der Waals surface area contributed by atoms with E-state index in [4.69, 9.17) is 21.1 Å². The van der Waals surface area contributed by atoms with Crippen LogP contribution >= 0.6 is 22.9 Å². The van der Waals surface area contributed by atoms with Gasteiger partial charge in [0.2, 0.25) is 11.8 Å². The summed E-state index contributed by atoms with van der Waals surface area (Å²) in [6, 6.07) is 10.7. The normalized spacial score (nSPS) is 14.0. The number of hydrogen-bond acceptors (Lipinski definition) is 6. The number of carbonyl (C=O) groups excluding carboxylic acids is 2. The molecule has 6 nitrogen and oxygen atoms in total. The van der Waals surface area contributed by atoms with E-state index in [1.165, 1.54) is 23.3 Å². The summed E-state index contributed by atoms with van der Waals surface area (Å²) in [7, 11) is 3.00. The van der Waals surface area contributed by atoms with Crippen LogP contribution in [0.1, 0.15) is 18.5 Å². The van der Waals surface area contributed by atoms with E-state index < -0.39 is 5.82 Å². The molecule has 0 bridgehead atoms. The van der Waals surface area contributed by atoms with Crippen LogP contribution in [-0.4, -0.2) is 35.9 Å². The summed E-state index contributed by atoms with van der Waals surface area (Å²) in [4.78, 5) is 30.8. The Hall–Kier alpha value is -3.23. The highest BCUT2D eigenvalue weighted by Gasteiger charge is 2.31. The minimum absolute atomic E-state index is 0.0321. The molecule has 168 valence electrons.